The molecule has 2 saturated carbocycles. The fourth-order valence-electron chi connectivity index (χ4n) is 4.60. The molecule has 2 heterocycles. The van der Waals surface area contributed by atoms with Crippen LogP contribution in [-0.4, -0.2) is 0 Å². The third-order valence-electron chi connectivity index (χ3n) is 5.88. The van der Waals surface area contributed by atoms with Gasteiger partial charge in [0.2, 0.25) is 0 Å². The third kappa shape index (κ3) is 3.19. The molecular weight excluding hydrogens is 304 g/mol. The average Bonchev–Trinajstić information content (AvgIpc) is 3.27. The van der Waals surface area contributed by atoms with Crippen molar-refractivity contribution in [2.75, 3.05) is 0 Å². The van der Waals surface area contributed by atoms with Gasteiger partial charge in [-0.25, -0.2) is 0 Å². The highest BCUT2D eigenvalue weighted by Gasteiger charge is 2.29. The molecule has 2 fully saturated rings. The Labute approximate surface area is 142 Å². The van der Waals surface area contributed by atoms with E-state index < -0.39 is 0 Å². The SMILES string of the molecule is c1csc(-c2ccc(C3CCC(C4CCCCC4)CC3)s2)c1. The topological polar surface area (TPSA) is 0 Å². The molecule has 0 spiro atoms. The largest absolute Gasteiger partial charge is 0.143 e. The minimum Gasteiger partial charge on any atom is -0.143 e. The van der Waals surface area contributed by atoms with Gasteiger partial charge in [-0.05, 0) is 67.0 Å². The zero-order chi connectivity index (χ0) is 14.8. The van der Waals surface area contributed by atoms with Crippen molar-refractivity contribution >= 4 is 22.7 Å². The second-order valence-corrected chi connectivity index (χ2v) is 9.25. The van der Waals surface area contributed by atoms with Crippen LogP contribution in [0.25, 0.3) is 9.75 Å². The molecule has 22 heavy (non-hydrogen) atoms. The van der Waals surface area contributed by atoms with E-state index in [1.807, 2.05) is 22.7 Å². The molecule has 2 heteroatoms. The van der Waals surface area contributed by atoms with Crippen LogP contribution in [0.2, 0.25) is 0 Å². The maximum Gasteiger partial charge on any atom is 0.0445 e. The van der Waals surface area contributed by atoms with Crippen molar-refractivity contribution in [1.29, 1.82) is 0 Å². The minimum atomic E-state index is 0.846. The summed E-state index contributed by atoms with van der Waals surface area (Å²) in [6.07, 6.45) is 13.4. The maximum atomic E-state index is 2.41. The molecule has 4 rings (SSSR count). The molecule has 0 unspecified atom stereocenters. The van der Waals surface area contributed by atoms with Gasteiger partial charge in [0.25, 0.3) is 0 Å². The summed E-state index contributed by atoms with van der Waals surface area (Å²) < 4.78 is 0. The van der Waals surface area contributed by atoms with E-state index in [2.05, 4.69) is 29.6 Å². The fourth-order valence-corrected chi connectivity index (χ4v) is 6.62. The molecule has 0 aliphatic heterocycles. The summed E-state index contributed by atoms with van der Waals surface area (Å²) in [6.45, 7) is 0. The van der Waals surface area contributed by atoms with Crippen LogP contribution in [0.15, 0.2) is 29.6 Å². The first-order valence-electron chi connectivity index (χ1n) is 9.04. The van der Waals surface area contributed by atoms with Crippen molar-refractivity contribution in [2.45, 2.75) is 63.7 Å². The van der Waals surface area contributed by atoms with Gasteiger partial charge in [0, 0.05) is 14.6 Å². The van der Waals surface area contributed by atoms with Gasteiger partial charge in [0.1, 0.15) is 0 Å². The lowest BCUT2D eigenvalue weighted by atomic mass is 9.71. The van der Waals surface area contributed by atoms with Crippen molar-refractivity contribution in [1.82, 2.24) is 0 Å². The van der Waals surface area contributed by atoms with Gasteiger partial charge in [-0.1, -0.05) is 38.2 Å². The zero-order valence-corrected chi connectivity index (χ0v) is 14.9. The quantitative estimate of drug-likeness (QED) is 0.552. The van der Waals surface area contributed by atoms with Crippen LogP contribution in [0.4, 0.5) is 0 Å². The van der Waals surface area contributed by atoms with Crippen molar-refractivity contribution < 1.29 is 0 Å². The molecule has 2 aliphatic carbocycles. The van der Waals surface area contributed by atoms with Crippen LogP contribution in [-0.2, 0) is 0 Å². The van der Waals surface area contributed by atoms with Gasteiger partial charge in [0.05, 0.1) is 0 Å². The van der Waals surface area contributed by atoms with Crippen LogP contribution in [0.3, 0.4) is 0 Å². The first-order chi connectivity index (χ1) is 10.9. The van der Waals surface area contributed by atoms with E-state index in [4.69, 9.17) is 0 Å². The molecule has 2 aromatic heterocycles. The Morgan fingerprint density at radius 3 is 2.23 bits per heavy atom. The lowest BCUT2D eigenvalue weighted by molar-refractivity contribution is 0.186. The number of hydrogen-bond donors (Lipinski definition) is 0. The predicted molar refractivity (Wildman–Crippen MR) is 98.9 cm³/mol. The van der Waals surface area contributed by atoms with E-state index in [9.17, 15) is 0 Å². The second kappa shape index (κ2) is 6.88. The Hall–Kier alpha value is -0.600. The molecular formula is C20H26S2. The molecule has 0 amide bonds. The van der Waals surface area contributed by atoms with Gasteiger partial charge in [-0.2, -0.15) is 0 Å². The van der Waals surface area contributed by atoms with E-state index in [0.717, 1.165) is 17.8 Å². The van der Waals surface area contributed by atoms with Gasteiger partial charge in [-0.15, -0.1) is 22.7 Å². The monoisotopic (exact) mass is 330 g/mol. The molecule has 0 radical (unpaired) electrons. The lowest BCUT2D eigenvalue weighted by Gasteiger charge is -2.35. The van der Waals surface area contributed by atoms with Crippen molar-refractivity contribution in [3.8, 4) is 9.75 Å². The maximum absolute atomic E-state index is 2.41. The van der Waals surface area contributed by atoms with Gasteiger partial charge < -0.3 is 0 Å². The Morgan fingerprint density at radius 1 is 0.727 bits per heavy atom. The summed E-state index contributed by atoms with van der Waals surface area (Å²) in [4.78, 5) is 4.55. The third-order valence-corrected chi connectivity index (χ3v) is 8.19. The second-order valence-electron chi connectivity index (χ2n) is 7.19. The van der Waals surface area contributed by atoms with Crippen molar-refractivity contribution in [2.24, 2.45) is 11.8 Å². The van der Waals surface area contributed by atoms with Crippen LogP contribution in [0.5, 0.6) is 0 Å². The molecule has 0 nitrogen and oxygen atoms in total. The number of rotatable bonds is 3. The minimum absolute atomic E-state index is 0.846. The Morgan fingerprint density at radius 2 is 1.50 bits per heavy atom. The highest BCUT2D eigenvalue weighted by Crippen LogP contribution is 2.45. The van der Waals surface area contributed by atoms with Gasteiger partial charge >= 0.3 is 0 Å². The standard InChI is InChI=1S/C20H26S2/c1-2-5-15(6-3-1)16-8-10-17(11-9-16)18-12-13-20(22-18)19-7-4-14-21-19/h4,7,12-17H,1-3,5-6,8-11H2. The Bertz CT molecular complexity index is 567. The predicted octanol–water partition coefficient (Wildman–Crippen LogP) is 7.33. The molecule has 0 saturated heterocycles. The zero-order valence-electron chi connectivity index (χ0n) is 13.3. The summed E-state index contributed by atoms with van der Waals surface area (Å²) in [7, 11) is 0. The summed E-state index contributed by atoms with van der Waals surface area (Å²) in [5, 5.41) is 2.18. The Kier molecular flexibility index (Phi) is 4.68. The van der Waals surface area contributed by atoms with Crippen molar-refractivity contribution in [3.63, 3.8) is 0 Å². The lowest BCUT2D eigenvalue weighted by Crippen LogP contribution is -2.22. The molecule has 0 atom stereocenters. The van der Waals surface area contributed by atoms with Crippen LogP contribution < -0.4 is 0 Å². The first-order valence-corrected chi connectivity index (χ1v) is 10.7. The molecule has 0 N–H and O–H groups in total. The number of hydrogen-bond acceptors (Lipinski definition) is 2. The average molecular weight is 331 g/mol. The van der Waals surface area contributed by atoms with E-state index in [1.165, 1.54) is 67.5 Å². The smallest absolute Gasteiger partial charge is 0.0445 e. The van der Waals surface area contributed by atoms with Crippen LogP contribution in [0.1, 0.15) is 68.6 Å². The highest BCUT2D eigenvalue weighted by molar-refractivity contribution is 7.21. The summed E-state index contributed by atoms with van der Waals surface area (Å²) in [5.41, 5.74) is 0. The molecule has 0 bridgehead atoms. The van der Waals surface area contributed by atoms with Gasteiger partial charge in [-0.3, -0.25) is 0 Å². The normalized spacial score (nSPS) is 27.1. The molecule has 118 valence electrons. The number of thiophene rings is 2. The van der Waals surface area contributed by atoms with Crippen LogP contribution >= 0.6 is 22.7 Å². The molecule has 0 aromatic carbocycles. The highest BCUT2D eigenvalue weighted by atomic mass is 32.1. The van der Waals surface area contributed by atoms with Gasteiger partial charge in [0.15, 0.2) is 0 Å². The fraction of sp³-hybridized carbons (Fsp3) is 0.600. The summed E-state index contributed by atoms with van der Waals surface area (Å²) in [6, 6.07) is 9.17. The Balaban J connectivity index is 1.37. The van der Waals surface area contributed by atoms with E-state index in [-0.39, 0.29) is 0 Å². The van der Waals surface area contributed by atoms with E-state index in [1.54, 1.807) is 4.88 Å². The van der Waals surface area contributed by atoms with Crippen molar-refractivity contribution in [3.05, 3.63) is 34.5 Å². The summed E-state index contributed by atoms with van der Waals surface area (Å²) >= 11 is 3.91. The molecule has 2 aromatic rings. The van der Waals surface area contributed by atoms with Crippen LogP contribution in [0, 0.1) is 11.8 Å². The first kappa shape index (κ1) is 15.0. The van der Waals surface area contributed by atoms with E-state index in [0.29, 0.717) is 0 Å². The van der Waals surface area contributed by atoms with E-state index >= 15 is 0 Å². The molecule has 2 aliphatic rings. The summed E-state index contributed by atoms with van der Waals surface area (Å²) in [5.74, 6) is 2.96.